The minimum Gasteiger partial charge on any atom is -0.379 e. The predicted octanol–water partition coefficient (Wildman–Crippen LogP) is 2.34. The molecule has 0 bridgehead atoms. The van der Waals surface area contributed by atoms with Crippen molar-refractivity contribution in [1.29, 1.82) is 0 Å². The van der Waals surface area contributed by atoms with Gasteiger partial charge >= 0.3 is 6.18 Å². The average molecular weight is 380 g/mol. The number of nitrogens with zero attached hydrogens (tertiary/aromatic N) is 1. The predicted molar refractivity (Wildman–Crippen MR) is 87.7 cm³/mol. The summed E-state index contributed by atoms with van der Waals surface area (Å²) in [6.45, 7) is 6.87. The highest BCUT2D eigenvalue weighted by atomic mass is 32.2. The summed E-state index contributed by atoms with van der Waals surface area (Å²) >= 11 is 0. The third-order valence-corrected chi connectivity index (χ3v) is 5.70. The maximum atomic E-state index is 12.6. The van der Waals surface area contributed by atoms with Crippen LogP contribution in [0.5, 0.6) is 0 Å². The molecule has 0 aliphatic carbocycles. The largest absolute Gasteiger partial charge is 0.416 e. The highest BCUT2D eigenvalue weighted by Crippen LogP contribution is 2.29. The third-order valence-electron chi connectivity index (χ3n) is 4.26. The molecule has 0 unspecified atom stereocenters. The Labute approximate surface area is 146 Å². The standard InChI is InChI=1S/C16H23F3N2O3S/c1-12(2)15(21-7-9-24-10-8-21)11-20-25(22,23)14-5-3-13(4-6-14)16(17,18)19/h3-6,12,15,20H,7-11H2,1-2H3/t15-/m0/s1. The second kappa shape index (κ2) is 8.03. The van der Waals surface area contributed by atoms with E-state index in [9.17, 15) is 21.6 Å². The van der Waals surface area contributed by atoms with Gasteiger partial charge in [-0.05, 0) is 30.2 Å². The van der Waals surface area contributed by atoms with E-state index in [-0.39, 0.29) is 23.4 Å². The Morgan fingerprint density at radius 1 is 1.16 bits per heavy atom. The molecule has 2 rings (SSSR count). The van der Waals surface area contributed by atoms with Crippen LogP contribution in [0.2, 0.25) is 0 Å². The molecule has 0 aromatic heterocycles. The van der Waals surface area contributed by atoms with Crippen LogP contribution >= 0.6 is 0 Å². The molecule has 1 atom stereocenters. The van der Waals surface area contributed by atoms with Gasteiger partial charge < -0.3 is 4.74 Å². The molecular weight excluding hydrogens is 357 g/mol. The maximum absolute atomic E-state index is 12.6. The van der Waals surface area contributed by atoms with Crippen molar-refractivity contribution in [2.24, 2.45) is 5.92 Å². The molecule has 1 aliphatic heterocycles. The minimum atomic E-state index is -4.49. The smallest absolute Gasteiger partial charge is 0.379 e. The van der Waals surface area contributed by atoms with Gasteiger partial charge in [0.1, 0.15) is 0 Å². The summed E-state index contributed by atoms with van der Waals surface area (Å²) in [6.07, 6.45) is -4.49. The quantitative estimate of drug-likeness (QED) is 0.823. The molecule has 0 saturated carbocycles. The van der Waals surface area contributed by atoms with E-state index in [1.54, 1.807) is 0 Å². The number of sulfonamides is 1. The number of morpholine rings is 1. The van der Waals surface area contributed by atoms with Gasteiger partial charge in [0.15, 0.2) is 0 Å². The highest BCUT2D eigenvalue weighted by Gasteiger charge is 2.31. The van der Waals surface area contributed by atoms with Crippen molar-refractivity contribution in [3.05, 3.63) is 29.8 Å². The molecular formula is C16H23F3N2O3S. The summed E-state index contributed by atoms with van der Waals surface area (Å²) in [6, 6.07) is 3.50. The molecule has 25 heavy (non-hydrogen) atoms. The van der Waals surface area contributed by atoms with Gasteiger partial charge in [-0.3, -0.25) is 4.90 Å². The first-order chi connectivity index (χ1) is 11.6. The lowest BCUT2D eigenvalue weighted by Gasteiger charge is -2.36. The van der Waals surface area contributed by atoms with Crippen LogP contribution in [0.1, 0.15) is 19.4 Å². The molecule has 1 aliphatic rings. The fourth-order valence-corrected chi connectivity index (χ4v) is 3.85. The van der Waals surface area contributed by atoms with Crippen LogP contribution in [0.3, 0.4) is 0 Å². The molecule has 0 radical (unpaired) electrons. The fourth-order valence-electron chi connectivity index (χ4n) is 2.80. The summed E-state index contributed by atoms with van der Waals surface area (Å²) in [5.41, 5.74) is -0.875. The summed E-state index contributed by atoms with van der Waals surface area (Å²) in [7, 11) is -3.87. The molecule has 5 nitrogen and oxygen atoms in total. The second-order valence-corrected chi connectivity index (χ2v) is 8.10. The van der Waals surface area contributed by atoms with E-state index in [2.05, 4.69) is 9.62 Å². The van der Waals surface area contributed by atoms with Crippen molar-refractivity contribution in [2.75, 3.05) is 32.8 Å². The van der Waals surface area contributed by atoms with E-state index in [1.165, 1.54) is 0 Å². The normalized spacial score (nSPS) is 18.5. The first-order valence-electron chi connectivity index (χ1n) is 8.10. The molecule has 0 spiro atoms. The molecule has 1 aromatic carbocycles. The van der Waals surface area contributed by atoms with Gasteiger partial charge in [0.05, 0.1) is 23.7 Å². The number of rotatable bonds is 6. The van der Waals surface area contributed by atoms with Crippen molar-refractivity contribution < 1.29 is 26.3 Å². The van der Waals surface area contributed by atoms with Gasteiger partial charge in [-0.2, -0.15) is 13.2 Å². The molecule has 1 aromatic rings. The van der Waals surface area contributed by atoms with E-state index >= 15 is 0 Å². The van der Waals surface area contributed by atoms with E-state index in [1.807, 2.05) is 13.8 Å². The van der Waals surface area contributed by atoms with Crippen LogP contribution in [-0.2, 0) is 20.9 Å². The zero-order valence-electron chi connectivity index (χ0n) is 14.2. The summed E-state index contributed by atoms with van der Waals surface area (Å²) < 4.78 is 70.3. The Morgan fingerprint density at radius 2 is 1.72 bits per heavy atom. The number of nitrogens with one attached hydrogen (secondary N) is 1. The highest BCUT2D eigenvalue weighted by molar-refractivity contribution is 7.89. The van der Waals surface area contributed by atoms with Gasteiger partial charge in [-0.25, -0.2) is 13.1 Å². The monoisotopic (exact) mass is 380 g/mol. The average Bonchev–Trinajstić information content (AvgIpc) is 2.55. The molecule has 1 fully saturated rings. The Kier molecular flexibility index (Phi) is 6.47. The minimum absolute atomic E-state index is 0.00637. The number of benzene rings is 1. The number of halogens is 3. The molecule has 0 amide bonds. The maximum Gasteiger partial charge on any atom is 0.416 e. The van der Waals surface area contributed by atoms with Crippen molar-refractivity contribution in [1.82, 2.24) is 9.62 Å². The van der Waals surface area contributed by atoms with Gasteiger partial charge in [-0.1, -0.05) is 13.8 Å². The Hall–Kier alpha value is -1.16. The van der Waals surface area contributed by atoms with E-state index in [4.69, 9.17) is 4.74 Å². The zero-order chi connectivity index (χ0) is 18.7. The van der Waals surface area contributed by atoms with Crippen LogP contribution < -0.4 is 4.72 Å². The lowest BCUT2D eigenvalue weighted by molar-refractivity contribution is -0.137. The van der Waals surface area contributed by atoms with Crippen molar-refractivity contribution in [3.8, 4) is 0 Å². The van der Waals surface area contributed by atoms with Crippen LogP contribution in [0.25, 0.3) is 0 Å². The number of ether oxygens (including phenoxy) is 1. The number of hydrogen-bond acceptors (Lipinski definition) is 4. The van der Waals surface area contributed by atoms with Crippen LogP contribution in [-0.4, -0.2) is 52.2 Å². The van der Waals surface area contributed by atoms with Gasteiger partial charge in [0.2, 0.25) is 10.0 Å². The van der Waals surface area contributed by atoms with Crippen molar-refractivity contribution in [2.45, 2.75) is 31.0 Å². The van der Waals surface area contributed by atoms with Crippen molar-refractivity contribution in [3.63, 3.8) is 0 Å². The fraction of sp³-hybridized carbons (Fsp3) is 0.625. The third kappa shape index (κ3) is 5.40. The summed E-state index contributed by atoms with van der Waals surface area (Å²) in [4.78, 5) is 1.99. The summed E-state index contributed by atoms with van der Waals surface area (Å²) in [5.74, 6) is 0.216. The van der Waals surface area contributed by atoms with Crippen LogP contribution in [0.15, 0.2) is 29.2 Å². The number of alkyl halides is 3. The lowest BCUT2D eigenvalue weighted by Crippen LogP contribution is -2.51. The summed E-state index contributed by atoms with van der Waals surface area (Å²) in [5, 5.41) is 0. The van der Waals surface area contributed by atoms with Crippen LogP contribution in [0.4, 0.5) is 13.2 Å². The first kappa shape index (κ1) is 20.2. The van der Waals surface area contributed by atoms with E-state index in [0.717, 1.165) is 37.4 Å². The van der Waals surface area contributed by atoms with Gasteiger partial charge in [-0.15, -0.1) is 0 Å². The molecule has 1 saturated heterocycles. The zero-order valence-corrected chi connectivity index (χ0v) is 15.0. The molecule has 142 valence electrons. The first-order valence-corrected chi connectivity index (χ1v) is 9.58. The van der Waals surface area contributed by atoms with E-state index < -0.39 is 21.8 Å². The van der Waals surface area contributed by atoms with Gasteiger partial charge in [0.25, 0.3) is 0 Å². The Balaban J connectivity index is 2.06. The SMILES string of the molecule is CC(C)[C@H](CNS(=O)(=O)c1ccc(C(F)(F)F)cc1)N1CCOCC1. The molecule has 1 heterocycles. The van der Waals surface area contributed by atoms with Gasteiger partial charge in [0, 0.05) is 25.7 Å². The Morgan fingerprint density at radius 3 is 2.20 bits per heavy atom. The van der Waals surface area contributed by atoms with E-state index in [0.29, 0.717) is 13.2 Å². The van der Waals surface area contributed by atoms with Crippen LogP contribution in [0, 0.1) is 5.92 Å². The Bertz CT molecular complexity index is 654. The number of hydrogen-bond donors (Lipinski definition) is 1. The molecule has 1 N–H and O–H groups in total. The molecule has 9 heteroatoms. The lowest BCUT2D eigenvalue weighted by atomic mass is 10.0. The second-order valence-electron chi connectivity index (χ2n) is 6.33. The topological polar surface area (TPSA) is 58.6 Å². The van der Waals surface area contributed by atoms with Crippen molar-refractivity contribution >= 4 is 10.0 Å².